The van der Waals surface area contributed by atoms with Gasteiger partial charge in [0.2, 0.25) is 5.91 Å². The number of aryl methyl sites for hydroxylation is 2. The molecule has 0 aliphatic carbocycles. The zero-order valence-corrected chi connectivity index (χ0v) is 18.0. The molecule has 160 valence electrons. The second-order valence-electron chi connectivity index (χ2n) is 8.51. The molecule has 4 rings (SSSR count). The fourth-order valence-corrected chi connectivity index (χ4v) is 4.64. The van der Waals surface area contributed by atoms with Crippen molar-refractivity contribution in [3.05, 3.63) is 47.7 Å². The summed E-state index contributed by atoms with van der Waals surface area (Å²) in [7, 11) is 0. The summed E-state index contributed by atoms with van der Waals surface area (Å²) in [6, 6.07) is 6.34. The van der Waals surface area contributed by atoms with Gasteiger partial charge < -0.3 is 10.2 Å². The van der Waals surface area contributed by atoms with Crippen molar-refractivity contribution in [2.24, 2.45) is 5.92 Å². The highest BCUT2D eigenvalue weighted by molar-refractivity contribution is 5.78. The lowest BCUT2D eigenvalue weighted by Gasteiger charge is -2.42. The van der Waals surface area contributed by atoms with Gasteiger partial charge in [0.05, 0.1) is 29.5 Å². The zero-order chi connectivity index (χ0) is 20.9. The Morgan fingerprint density at radius 1 is 1.13 bits per heavy atom. The van der Waals surface area contributed by atoms with Gasteiger partial charge in [-0.25, -0.2) is 4.98 Å². The molecule has 1 N–H and O–H groups in total. The third-order valence-electron chi connectivity index (χ3n) is 6.32. The predicted octanol–water partition coefficient (Wildman–Crippen LogP) is 2.49. The molecule has 0 aromatic carbocycles. The topological polar surface area (TPSA) is 74.2 Å². The number of anilines is 1. The molecule has 7 heteroatoms. The molecule has 0 unspecified atom stereocenters. The fourth-order valence-electron chi connectivity index (χ4n) is 4.64. The molecule has 2 aliphatic heterocycles. The van der Waals surface area contributed by atoms with Crippen LogP contribution in [-0.4, -0.2) is 58.0 Å². The van der Waals surface area contributed by atoms with Gasteiger partial charge in [-0.1, -0.05) is 6.07 Å². The van der Waals surface area contributed by atoms with Crippen molar-refractivity contribution in [1.82, 2.24) is 25.2 Å². The summed E-state index contributed by atoms with van der Waals surface area (Å²) in [5.74, 6) is 1.26. The number of likely N-dealkylation sites (tertiary alicyclic amines) is 1. The molecule has 1 atom stereocenters. The summed E-state index contributed by atoms with van der Waals surface area (Å²) in [5.41, 5.74) is 2.87. The van der Waals surface area contributed by atoms with Gasteiger partial charge in [0.1, 0.15) is 5.82 Å². The minimum Gasteiger partial charge on any atom is -0.355 e. The quantitative estimate of drug-likeness (QED) is 0.819. The maximum atomic E-state index is 12.7. The maximum absolute atomic E-state index is 12.7. The first-order valence-electron chi connectivity index (χ1n) is 11.1. The van der Waals surface area contributed by atoms with E-state index in [1.54, 1.807) is 6.20 Å². The van der Waals surface area contributed by atoms with Gasteiger partial charge in [-0.15, -0.1) is 0 Å². The van der Waals surface area contributed by atoms with Crippen LogP contribution in [0.15, 0.2) is 30.6 Å². The highest BCUT2D eigenvalue weighted by Gasteiger charge is 2.32. The Morgan fingerprint density at radius 2 is 1.97 bits per heavy atom. The van der Waals surface area contributed by atoms with Crippen molar-refractivity contribution < 1.29 is 4.79 Å². The molecule has 2 aliphatic rings. The summed E-state index contributed by atoms with van der Waals surface area (Å²) in [4.78, 5) is 31.1. The lowest BCUT2D eigenvalue weighted by Crippen LogP contribution is -2.51. The van der Waals surface area contributed by atoms with Gasteiger partial charge >= 0.3 is 0 Å². The molecule has 0 spiro atoms. The van der Waals surface area contributed by atoms with E-state index in [4.69, 9.17) is 4.98 Å². The van der Waals surface area contributed by atoms with E-state index in [9.17, 15) is 4.79 Å². The molecule has 30 heavy (non-hydrogen) atoms. The van der Waals surface area contributed by atoms with Crippen LogP contribution < -0.4 is 10.2 Å². The molecule has 2 fully saturated rings. The zero-order valence-electron chi connectivity index (χ0n) is 18.0. The molecule has 1 amide bonds. The van der Waals surface area contributed by atoms with Crippen molar-refractivity contribution in [3.8, 4) is 0 Å². The lowest BCUT2D eigenvalue weighted by molar-refractivity contribution is -0.127. The van der Waals surface area contributed by atoms with Crippen LogP contribution in [0.4, 0.5) is 5.82 Å². The molecule has 4 heterocycles. The smallest absolute Gasteiger partial charge is 0.224 e. The normalized spacial score (nSPS) is 20.9. The number of nitrogens with one attached hydrogen (secondary N) is 1. The first-order valence-corrected chi connectivity index (χ1v) is 11.1. The SMILES string of the molecule is Cc1cnc(C)c(N2CCC(N3CCC[C@H](C(=O)NCc4ccccn4)C3)CC2)n1. The number of rotatable bonds is 5. The summed E-state index contributed by atoms with van der Waals surface area (Å²) in [5, 5.41) is 3.08. The van der Waals surface area contributed by atoms with Crippen LogP contribution >= 0.6 is 0 Å². The van der Waals surface area contributed by atoms with E-state index >= 15 is 0 Å². The second kappa shape index (κ2) is 9.51. The van der Waals surface area contributed by atoms with Gasteiger partial charge in [0.25, 0.3) is 0 Å². The number of pyridine rings is 1. The Kier molecular flexibility index (Phi) is 6.57. The summed E-state index contributed by atoms with van der Waals surface area (Å²) in [6.07, 6.45) is 7.87. The summed E-state index contributed by atoms with van der Waals surface area (Å²) in [6.45, 7) is 8.49. The first kappa shape index (κ1) is 20.7. The van der Waals surface area contributed by atoms with Crippen LogP contribution in [0, 0.1) is 19.8 Å². The number of hydrogen-bond acceptors (Lipinski definition) is 6. The monoisotopic (exact) mass is 408 g/mol. The molecular formula is C23H32N6O. The third-order valence-corrected chi connectivity index (χ3v) is 6.32. The third kappa shape index (κ3) is 4.95. The number of aromatic nitrogens is 3. The number of nitrogens with zero attached hydrogens (tertiary/aromatic N) is 5. The molecule has 2 aromatic heterocycles. The van der Waals surface area contributed by atoms with Crippen LogP contribution in [0.25, 0.3) is 0 Å². The van der Waals surface area contributed by atoms with Crippen LogP contribution in [0.2, 0.25) is 0 Å². The van der Waals surface area contributed by atoms with E-state index < -0.39 is 0 Å². The average molecular weight is 409 g/mol. The highest BCUT2D eigenvalue weighted by Crippen LogP contribution is 2.26. The second-order valence-corrected chi connectivity index (χ2v) is 8.51. The Labute approximate surface area is 178 Å². The van der Waals surface area contributed by atoms with Crippen molar-refractivity contribution in [3.63, 3.8) is 0 Å². The van der Waals surface area contributed by atoms with Gasteiger partial charge in [-0.2, -0.15) is 0 Å². The summed E-state index contributed by atoms with van der Waals surface area (Å²) < 4.78 is 0. The van der Waals surface area contributed by atoms with Gasteiger partial charge in [-0.3, -0.25) is 19.7 Å². The van der Waals surface area contributed by atoms with Crippen LogP contribution in [0.1, 0.15) is 42.8 Å². The van der Waals surface area contributed by atoms with Gasteiger partial charge in [0, 0.05) is 38.1 Å². The average Bonchev–Trinajstić information content (AvgIpc) is 2.80. The molecular weight excluding hydrogens is 376 g/mol. The van der Waals surface area contributed by atoms with E-state index in [0.29, 0.717) is 12.6 Å². The van der Waals surface area contributed by atoms with Crippen molar-refractivity contribution in [2.75, 3.05) is 31.1 Å². The van der Waals surface area contributed by atoms with Gasteiger partial charge in [0.15, 0.2) is 0 Å². The number of hydrogen-bond donors (Lipinski definition) is 1. The number of amides is 1. The standard InChI is InChI=1S/C23H32N6O/c1-17-14-25-18(2)22(27-17)28-12-8-21(9-13-28)29-11-5-6-19(16-29)23(30)26-15-20-7-3-4-10-24-20/h3-4,7,10,14,19,21H,5-6,8-9,11-13,15-16H2,1-2H3,(H,26,30)/t19-/m0/s1. The molecule has 0 bridgehead atoms. The van der Waals surface area contributed by atoms with E-state index in [1.165, 1.54) is 0 Å². The van der Waals surface area contributed by atoms with Crippen molar-refractivity contribution in [1.29, 1.82) is 0 Å². The van der Waals surface area contributed by atoms with E-state index in [2.05, 4.69) is 25.1 Å². The largest absolute Gasteiger partial charge is 0.355 e. The van der Waals surface area contributed by atoms with E-state index in [0.717, 1.165) is 74.8 Å². The van der Waals surface area contributed by atoms with E-state index in [-0.39, 0.29) is 11.8 Å². The lowest BCUT2D eigenvalue weighted by atomic mass is 9.93. The minimum atomic E-state index is 0.0744. The predicted molar refractivity (Wildman–Crippen MR) is 117 cm³/mol. The van der Waals surface area contributed by atoms with Crippen LogP contribution in [-0.2, 0) is 11.3 Å². The highest BCUT2D eigenvalue weighted by atomic mass is 16.1. The minimum absolute atomic E-state index is 0.0744. The Balaban J connectivity index is 1.29. The Hall–Kier alpha value is -2.54. The number of carbonyl (C=O) groups is 1. The van der Waals surface area contributed by atoms with E-state index in [1.807, 2.05) is 38.2 Å². The number of carbonyl (C=O) groups excluding carboxylic acids is 1. The maximum Gasteiger partial charge on any atom is 0.224 e. The molecule has 2 saturated heterocycles. The Bertz CT molecular complexity index is 850. The Morgan fingerprint density at radius 3 is 2.73 bits per heavy atom. The van der Waals surface area contributed by atoms with Crippen LogP contribution in [0.5, 0.6) is 0 Å². The van der Waals surface area contributed by atoms with Crippen molar-refractivity contribution in [2.45, 2.75) is 52.1 Å². The van der Waals surface area contributed by atoms with Crippen LogP contribution in [0.3, 0.4) is 0 Å². The molecule has 7 nitrogen and oxygen atoms in total. The first-order chi connectivity index (χ1) is 14.6. The molecule has 0 saturated carbocycles. The molecule has 0 radical (unpaired) electrons. The number of piperidine rings is 2. The summed E-state index contributed by atoms with van der Waals surface area (Å²) >= 11 is 0. The fraction of sp³-hybridized carbons (Fsp3) is 0.565. The van der Waals surface area contributed by atoms with Crippen molar-refractivity contribution >= 4 is 11.7 Å². The van der Waals surface area contributed by atoms with Gasteiger partial charge in [-0.05, 0) is 58.2 Å². The molecule has 2 aromatic rings.